The molecule has 0 unspecified atom stereocenters. The predicted octanol–water partition coefficient (Wildman–Crippen LogP) is 4.68. The van der Waals surface area contributed by atoms with E-state index >= 15 is 0 Å². The van der Waals surface area contributed by atoms with Crippen LogP contribution >= 0.6 is 0 Å². The summed E-state index contributed by atoms with van der Waals surface area (Å²) in [4.78, 5) is 9.99. The molecule has 0 aromatic heterocycles. The Hall–Kier alpha value is -2.22. The largest absolute Gasteiger partial charge is 0.284 e. The van der Waals surface area contributed by atoms with Crippen LogP contribution in [0.3, 0.4) is 0 Å². The molecular weight excluding hydrogens is 292 g/mol. The third kappa shape index (κ3) is 3.64. The highest BCUT2D eigenvalue weighted by Crippen LogP contribution is 2.24. The molecule has 2 nitrogen and oxygen atoms in total. The van der Waals surface area contributed by atoms with Crippen molar-refractivity contribution >= 4 is 11.4 Å². The van der Waals surface area contributed by atoms with E-state index in [4.69, 9.17) is 9.98 Å². The Morgan fingerprint density at radius 1 is 0.625 bits per heavy atom. The van der Waals surface area contributed by atoms with E-state index in [0.717, 1.165) is 25.7 Å². The highest BCUT2D eigenvalue weighted by molar-refractivity contribution is 6.43. The summed E-state index contributed by atoms with van der Waals surface area (Å²) in [5, 5.41) is 0. The van der Waals surface area contributed by atoms with Crippen LogP contribution in [0.25, 0.3) is 0 Å². The van der Waals surface area contributed by atoms with Crippen molar-refractivity contribution in [1.82, 2.24) is 0 Å². The molecule has 24 heavy (non-hydrogen) atoms. The maximum absolute atomic E-state index is 4.99. The van der Waals surface area contributed by atoms with Crippen LogP contribution < -0.4 is 0 Å². The van der Waals surface area contributed by atoms with Gasteiger partial charge in [-0.05, 0) is 49.7 Å². The van der Waals surface area contributed by atoms with Crippen LogP contribution in [-0.2, 0) is 12.8 Å². The van der Waals surface area contributed by atoms with Crippen LogP contribution in [-0.4, -0.2) is 23.5 Å². The second-order valence-corrected chi connectivity index (χ2v) is 6.92. The number of rotatable bonds is 5. The Balaban J connectivity index is 1.39. The first kappa shape index (κ1) is 15.3. The van der Waals surface area contributed by atoms with Gasteiger partial charge in [-0.3, -0.25) is 9.98 Å². The fourth-order valence-corrected chi connectivity index (χ4v) is 3.81. The summed E-state index contributed by atoms with van der Waals surface area (Å²) < 4.78 is 0. The molecule has 2 heteroatoms. The topological polar surface area (TPSA) is 24.7 Å². The van der Waals surface area contributed by atoms with Gasteiger partial charge >= 0.3 is 0 Å². The SMILES string of the molecule is c1ccc(C[C@H]2CCC(C3=N[C@@H](Cc4ccccc4)CC3)=N2)cc1. The van der Waals surface area contributed by atoms with Crippen molar-refractivity contribution in [3.05, 3.63) is 71.8 Å². The lowest BCUT2D eigenvalue weighted by molar-refractivity contribution is 0.667. The zero-order valence-corrected chi connectivity index (χ0v) is 14.1. The predicted molar refractivity (Wildman–Crippen MR) is 101 cm³/mol. The summed E-state index contributed by atoms with van der Waals surface area (Å²) in [6.07, 6.45) is 6.68. The maximum atomic E-state index is 4.99. The zero-order chi connectivity index (χ0) is 16.2. The molecule has 2 atom stereocenters. The normalized spacial score (nSPS) is 23.2. The van der Waals surface area contributed by atoms with E-state index in [-0.39, 0.29) is 0 Å². The molecule has 2 aromatic carbocycles. The number of benzene rings is 2. The van der Waals surface area contributed by atoms with E-state index in [0.29, 0.717) is 12.1 Å². The van der Waals surface area contributed by atoms with E-state index in [1.54, 1.807) is 0 Å². The van der Waals surface area contributed by atoms with Crippen molar-refractivity contribution in [3.8, 4) is 0 Å². The lowest BCUT2D eigenvalue weighted by atomic mass is 10.0. The lowest BCUT2D eigenvalue weighted by Gasteiger charge is -2.06. The Morgan fingerprint density at radius 2 is 1.04 bits per heavy atom. The van der Waals surface area contributed by atoms with E-state index in [9.17, 15) is 0 Å². The molecule has 2 heterocycles. The first-order valence-corrected chi connectivity index (χ1v) is 9.08. The van der Waals surface area contributed by atoms with Crippen molar-refractivity contribution in [2.45, 2.75) is 50.6 Å². The summed E-state index contributed by atoms with van der Waals surface area (Å²) in [5.74, 6) is 0. The van der Waals surface area contributed by atoms with Crippen LogP contribution in [0, 0.1) is 0 Å². The van der Waals surface area contributed by atoms with Crippen molar-refractivity contribution in [3.63, 3.8) is 0 Å². The summed E-state index contributed by atoms with van der Waals surface area (Å²) in [5.41, 5.74) is 5.35. The van der Waals surface area contributed by atoms with Gasteiger partial charge in [-0.1, -0.05) is 60.7 Å². The van der Waals surface area contributed by atoms with Crippen molar-refractivity contribution < 1.29 is 0 Å². The molecule has 0 spiro atoms. The van der Waals surface area contributed by atoms with Gasteiger partial charge in [0.15, 0.2) is 0 Å². The van der Waals surface area contributed by atoms with Crippen molar-refractivity contribution in [2.75, 3.05) is 0 Å². The van der Waals surface area contributed by atoms with E-state index in [1.165, 1.54) is 35.4 Å². The second-order valence-electron chi connectivity index (χ2n) is 6.92. The molecule has 0 amide bonds. The number of aliphatic imine (C=N–C) groups is 2. The monoisotopic (exact) mass is 316 g/mol. The van der Waals surface area contributed by atoms with Crippen LogP contribution in [0.1, 0.15) is 36.8 Å². The summed E-state index contributed by atoms with van der Waals surface area (Å²) >= 11 is 0. The summed E-state index contributed by atoms with van der Waals surface area (Å²) in [7, 11) is 0. The van der Waals surface area contributed by atoms with Crippen LogP contribution in [0.4, 0.5) is 0 Å². The standard InChI is InChI=1S/C22H24N2/c1-3-7-17(8-4-1)15-19-11-13-21(23-19)22-14-12-20(24-22)16-18-9-5-2-6-10-18/h1-10,19-20H,11-16H2/t19-,20-/m1/s1. The minimum absolute atomic E-state index is 0.443. The fourth-order valence-electron chi connectivity index (χ4n) is 3.81. The smallest absolute Gasteiger partial charge is 0.0562 e. The third-order valence-electron chi connectivity index (χ3n) is 5.07. The van der Waals surface area contributed by atoms with Gasteiger partial charge in [-0.15, -0.1) is 0 Å². The maximum Gasteiger partial charge on any atom is 0.0562 e. The van der Waals surface area contributed by atoms with Gasteiger partial charge in [-0.2, -0.15) is 0 Å². The van der Waals surface area contributed by atoms with E-state index in [1.807, 2.05) is 0 Å². The number of hydrogen-bond donors (Lipinski definition) is 0. The number of nitrogens with zero attached hydrogens (tertiary/aromatic N) is 2. The molecule has 0 fully saturated rings. The molecule has 0 N–H and O–H groups in total. The quantitative estimate of drug-likeness (QED) is 0.765. The first-order valence-electron chi connectivity index (χ1n) is 9.08. The molecule has 122 valence electrons. The lowest BCUT2D eigenvalue weighted by Crippen LogP contribution is -2.08. The molecule has 2 aliphatic heterocycles. The van der Waals surface area contributed by atoms with Gasteiger partial charge in [0.2, 0.25) is 0 Å². The Morgan fingerprint density at radius 3 is 1.46 bits per heavy atom. The average Bonchev–Trinajstić information content (AvgIpc) is 3.26. The van der Waals surface area contributed by atoms with Gasteiger partial charge in [0, 0.05) is 0 Å². The minimum atomic E-state index is 0.443. The molecular formula is C22H24N2. The Labute approximate surface area is 144 Å². The molecule has 0 bridgehead atoms. The van der Waals surface area contributed by atoms with Crippen LogP contribution in [0.2, 0.25) is 0 Å². The number of hydrogen-bond acceptors (Lipinski definition) is 2. The molecule has 0 aliphatic carbocycles. The molecule has 2 aliphatic rings. The highest BCUT2D eigenvalue weighted by atomic mass is 14.9. The molecule has 0 saturated carbocycles. The summed E-state index contributed by atoms with van der Waals surface area (Å²) in [6.45, 7) is 0. The molecule has 0 radical (unpaired) electrons. The average molecular weight is 316 g/mol. The van der Waals surface area contributed by atoms with Gasteiger partial charge < -0.3 is 0 Å². The third-order valence-corrected chi connectivity index (χ3v) is 5.07. The zero-order valence-electron chi connectivity index (χ0n) is 14.1. The Kier molecular flexibility index (Phi) is 4.55. The molecule has 2 aromatic rings. The van der Waals surface area contributed by atoms with Crippen molar-refractivity contribution in [1.29, 1.82) is 0 Å². The van der Waals surface area contributed by atoms with Gasteiger partial charge in [0.1, 0.15) is 0 Å². The highest BCUT2D eigenvalue weighted by Gasteiger charge is 2.26. The Bertz CT molecular complexity index is 666. The minimum Gasteiger partial charge on any atom is -0.284 e. The fraction of sp³-hybridized carbons (Fsp3) is 0.364. The van der Waals surface area contributed by atoms with E-state index < -0.39 is 0 Å². The van der Waals surface area contributed by atoms with Gasteiger partial charge in [0.05, 0.1) is 23.5 Å². The summed E-state index contributed by atoms with van der Waals surface area (Å²) in [6, 6.07) is 22.3. The van der Waals surface area contributed by atoms with Crippen molar-refractivity contribution in [2.24, 2.45) is 9.98 Å². The van der Waals surface area contributed by atoms with Gasteiger partial charge in [0.25, 0.3) is 0 Å². The second kappa shape index (κ2) is 7.12. The first-order chi connectivity index (χ1) is 11.9. The van der Waals surface area contributed by atoms with E-state index in [2.05, 4.69) is 60.7 Å². The molecule has 0 saturated heterocycles. The van der Waals surface area contributed by atoms with Gasteiger partial charge in [-0.25, -0.2) is 0 Å². The van der Waals surface area contributed by atoms with Crippen LogP contribution in [0.5, 0.6) is 0 Å². The van der Waals surface area contributed by atoms with Crippen LogP contribution in [0.15, 0.2) is 70.6 Å². The molecule has 4 rings (SSSR count).